The number of piperidine rings is 1. The van der Waals surface area contributed by atoms with Crippen LogP contribution in [0.2, 0.25) is 0 Å². The van der Waals surface area contributed by atoms with Crippen molar-refractivity contribution in [1.29, 1.82) is 0 Å². The van der Waals surface area contributed by atoms with Gasteiger partial charge in [0.25, 0.3) is 0 Å². The highest BCUT2D eigenvalue weighted by Crippen LogP contribution is 2.27. The summed E-state index contributed by atoms with van der Waals surface area (Å²) < 4.78 is 13.4. The number of benzene rings is 1. The van der Waals surface area contributed by atoms with E-state index >= 15 is 0 Å². The molecule has 24 heavy (non-hydrogen) atoms. The van der Waals surface area contributed by atoms with Crippen LogP contribution < -0.4 is 0 Å². The van der Waals surface area contributed by atoms with Gasteiger partial charge in [-0.1, -0.05) is 12.1 Å². The highest BCUT2D eigenvalue weighted by atomic mass is 19.1. The Balaban J connectivity index is 1.56. The number of likely N-dealkylation sites (tertiary alicyclic amines) is 2. The van der Waals surface area contributed by atoms with Crippen molar-refractivity contribution in [2.45, 2.75) is 32.4 Å². The minimum Gasteiger partial charge on any atom is -0.396 e. The van der Waals surface area contributed by atoms with Crippen LogP contribution in [-0.2, 0) is 6.54 Å². The zero-order chi connectivity index (χ0) is 17.1. The van der Waals surface area contributed by atoms with Crippen LogP contribution in [0.25, 0.3) is 0 Å². The Kier molecular flexibility index (Phi) is 5.87. The van der Waals surface area contributed by atoms with Crippen LogP contribution in [0.5, 0.6) is 0 Å². The van der Waals surface area contributed by atoms with E-state index in [4.69, 9.17) is 0 Å². The van der Waals surface area contributed by atoms with E-state index in [0.29, 0.717) is 17.4 Å². The van der Waals surface area contributed by atoms with Crippen molar-refractivity contribution in [1.82, 2.24) is 9.80 Å². The van der Waals surface area contributed by atoms with Crippen LogP contribution in [0.1, 0.15) is 24.0 Å². The number of halogens is 1. The molecule has 0 aliphatic carbocycles. The molecule has 5 heteroatoms. The van der Waals surface area contributed by atoms with Crippen LogP contribution in [0, 0.1) is 24.6 Å². The molecule has 2 heterocycles. The number of hydrogen-bond acceptors (Lipinski definition) is 4. The number of nitrogens with zero attached hydrogens (tertiary/aromatic N) is 2. The summed E-state index contributed by atoms with van der Waals surface area (Å²) in [6.07, 6.45) is 1.57. The van der Waals surface area contributed by atoms with Gasteiger partial charge in [-0.3, -0.25) is 4.90 Å². The maximum atomic E-state index is 13.4. The normalized spacial score (nSPS) is 27.0. The summed E-state index contributed by atoms with van der Waals surface area (Å²) in [5.74, 6) is 0.615. The molecule has 2 aliphatic rings. The maximum Gasteiger partial charge on any atom is 0.126 e. The SMILES string of the molecule is Cc1cc(CN2C[C@@H](CN3CCC(O)CC3)[C@@H](CO)C2)ccc1F. The molecule has 0 unspecified atom stereocenters. The maximum absolute atomic E-state index is 13.4. The van der Waals surface area contributed by atoms with E-state index in [-0.39, 0.29) is 18.5 Å². The quantitative estimate of drug-likeness (QED) is 0.858. The summed E-state index contributed by atoms with van der Waals surface area (Å²) in [7, 11) is 0. The summed E-state index contributed by atoms with van der Waals surface area (Å²) in [6.45, 7) is 7.60. The van der Waals surface area contributed by atoms with Gasteiger partial charge in [0, 0.05) is 45.9 Å². The lowest BCUT2D eigenvalue weighted by atomic mass is 9.95. The van der Waals surface area contributed by atoms with Gasteiger partial charge in [0.15, 0.2) is 0 Å². The molecular formula is C19H29FN2O2. The minimum absolute atomic E-state index is 0.142. The lowest BCUT2D eigenvalue weighted by molar-refractivity contribution is 0.0684. The fraction of sp³-hybridized carbons (Fsp3) is 0.684. The summed E-state index contributed by atoms with van der Waals surface area (Å²) in [5, 5.41) is 19.4. The standard InChI is InChI=1S/C19H29FN2O2/c1-14-8-15(2-3-19(14)20)9-22-11-16(17(12-22)13-23)10-21-6-4-18(24)5-7-21/h2-3,8,16-18,23-24H,4-7,9-13H2,1H3/t16-,17-/m1/s1. The first-order valence-corrected chi connectivity index (χ1v) is 9.04. The average molecular weight is 336 g/mol. The number of hydrogen-bond donors (Lipinski definition) is 2. The molecule has 0 bridgehead atoms. The number of aliphatic hydroxyl groups is 2. The second-order valence-electron chi connectivity index (χ2n) is 7.51. The molecule has 1 aromatic carbocycles. The fourth-order valence-corrected chi connectivity index (χ4v) is 4.08. The van der Waals surface area contributed by atoms with Crippen LogP contribution in [0.4, 0.5) is 4.39 Å². The molecule has 4 nitrogen and oxygen atoms in total. The number of rotatable bonds is 5. The third-order valence-electron chi connectivity index (χ3n) is 5.56. The lowest BCUT2D eigenvalue weighted by Crippen LogP contribution is -2.40. The van der Waals surface area contributed by atoms with Gasteiger partial charge in [0.2, 0.25) is 0 Å². The third kappa shape index (κ3) is 4.33. The van der Waals surface area contributed by atoms with Gasteiger partial charge < -0.3 is 15.1 Å². The summed E-state index contributed by atoms with van der Waals surface area (Å²) in [5.41, 5.74) is 1.82. The Hall–Kier alpha value is -1.01. The average Bonchev–Trinajstić information content (AvgIpc) is 2.94. The van der Waals surface area contributed by atoms with Crippen molar-refractivity contribution in [3.05, 3.63) is 35.1 Å². The molecule has 2 N–H and O–H groups in total. The molecule has 0 amide bonds. The van der Waals surface area contributed by atoms with E-state index in [9.17, 15) is 14.6 Å². The highest BCUT2D eigenvalue weighted by molar-refractivity contribution is 5.24. The van der Waals surface area contributed by atoms with Crippen molar-refractivity contribution >= 4 is 0 Å². The topological polar surface area (TPSA) is 46.9 Å². The first-order valence-electron chi connectivity index (χ1n) is 9.04. The summed E-state index contributed by atoms with van der Waals surface area (Å²) in [6, 6.07) is 5.32. The van der Waals surface area contributed by atoms with Crippen LogP contribution in [-0.4, -0.2) is 65.4 Å². The Labute approximate surface area is 143 Å². The highest BCUT2D eigenvalue weighted by Gasteiger charge is 2.34. The Morgan fingerprint density at radius 3 is 2.50 bits per heavy atom. The molecule has 2 aliphatic heterocycles. The molecule has 0 radical (unpaired) electrons. The van der Waals surface area contributed by atoms with Crippen LogP contribution in [0.15, 0.2) is 18.2 Å². The minimum atomic E-state index is -0.154. The van der Waals surface area contributed by atoms with Gasteiger partial charge in [0.05, 0.1) is 6.10 Å². The van der Waals surface area contributed by atoms with Crippen molar-refractivity contribution in [3.63, 3.8) is 0 Å². The zero-order valence-corrected chi connectivity index (χ0v) is 14.5. The molecule has 2 saturated heterocycles. The number of aryl methyl sites for hydroxylation is 1. The fourth-order valence-electron chi connectivity index (χ4n) is 4.08. The molecule has 0 aromatic heterocycles. The van der Waals surface area contributed by atoms with Gasteiger partial charge in [-0.2, -0.15) is 0 Å². The molecule has 1 aromatic rings. The Bertz CT molecular complexity index is 546. The van der Waals surface area contributed by atoms with Gasteiger partial charge in [-0.05, 0) is 48.8 Å². The monoisotopic (exact) mass is 336 g/mol. The van der Waals surface area contributed by atoms with Crippen LogP contribution >= 0.6 is 0 Å². The first kappa shape index (κ1) is 17.8. The zero-order valence-electron chi connectivity index (χ0n) is 14.5. The smallest absolute Gasteiger partial charge is 0.126 e. The Morgan fingerprint density at radius 1 is 1.12 bits per heavy atom. The second-order valence-corrected chi connectivity index (χ2v) is 7.51. The predicted octanol–water partition coefficient (Wildman–Crippen LogP) is 1.63. The van der Waals surface area contributed by atoms with Crippen molar-refractivity contribution < 1.29 is 14.6 Å². The largest absolute Gasteiger partial charge is 0.396 e. The summed E-state index contributed by atoms with van der Waals surface area (Å²) >= 11 is 0. The molecule has 0 saturated carbocycles. The van der Waals surface area contributed by atoms with Gasteiger partial charge >= 0.3 is 0 Å². The first-order chi connectivity index (χ1) is 11.5. The predicted molar refractivity (Wildman–Crippen MR) is 92.2 cm³/mol. The van der Waals surface area contributed by atoms with Gasteiger partial charge in [-0.15, -0.1) is 0 Å². The molecule has 134 valence electrons. The number of aliphatic hydroxyl groups excluding tert-OH is 2. The molecule has 2 atom stereocenters. The van der Waals surface area contributed by atoms with E-state index in [1.807, 2.05) is 12.1 Å². The van der Waals surface area contributed by atoms with E-state index in [0.717, 1.165) is 57.7 Å². The lowest BCUT2D eigenvalue weighted by Gasteiger charge is -2.32. The summed E-state index contributed by atoms with van der Waals surface area (Å²) in [4.78, 5) is 4.79. The van der Waals surface area contributed by atoms with E-state index < -0.39 is 0 Å². The Morgan fingerprint density at radius 2 is 1.83 bits per heavy atom. The van der Waals surface area contributed by atoms with Crippen molar-refractivity contribution in [3.8, 4) is 0 Å². The van der Waals surface area contributed by atoms with E-state index in [1.54, 1.807) is 13.0 Å². The van der Waals surface area contributed by atoms with E-state index in [1.165, 1.54) is 0 Å². The van der Waals surface area contributed by atoms with Crippen molar-refractivity contribution in [2.24, 2.45) is 11.8 Å². The van der Waals surface area contributed by atoms with Crippen LogP contribution in [0.3, 0.4) is 0 Å². The van der Waals surface area contributed by atoms with Gasteiger partial charge in [0.1, 0.15) is 5.82 Å². The van der Waals surface area contributed by atoms with Crippen molar-refractivity contribution in [2.75, 3.05) is 39.3 Å². The van der Waals surface area contributed by atoms with E-state index in [2.05, 4.69) is 9.80 Å². The molecule has 3 rings (SSSR count). The molecule has 2 fully saturated rings. The van der Waals surface area contributed by atoms with Gasteiger partial charge in [-0.25, -0.2) is 4.39 Å². The third-order valence-corrected chi connectivity index (χ3v) is 5.56. The molecule has 0 spiro atoms. The molecular weight excluding hydrogens is 307 g/mol. The second kappa shape index (κ2) is 7.91.